The van der Waals surface area contributed by atoms with E-state index in [1.807, 2.05) is 0 Å². The second-order valence-electron chi connectivity index (χ2n) is 3.46. The molecule has 0 aliphatic heterocycles. The first kappa shape index (κ1) is 15.5. The molecule has 0 spiro atoms. The molecule has 0 radical (unpaired) electrons. The van der Waals surface area contributed by atoms with Crippen molar-refractivity contribution in [1.82, 2.24) is 4.98 Å². The number of aromatic nitrogens is 1. The van der Waals surface area contributed by atoms with Crippen LogP contribution < -0.4 is 5.32 Å². The van der Waals surface area contributed by atoms with Gasteiger partial charge in [0.15, 0.2) is 0 Å². The third kappa shape index (κ3) is 6.25. The van der Waals surface area contributed by atoms with Gasteiger partial charge in [0.25, 0.3) is 0 Å². The Hall–Kier alpha value is -1.54. The van der Waals surface area contributed by atoms with E-state index < -0.39 is 18.8 Å². The lowest BCUT2D eigenvalue weighted by atomic mass is 10.2. The number of hydrogen-bond acceptors (Lipinski definition) is 4. The first-order chi connectivity index (χ1) is 8.78. The van der Waals surface area contributed by atoms with Crippen LogP contribution in [0.1, 0.15) is 10.4 Å². The van der Waals surface area contributed by atoms with Gasteiger partial charge in [-0.3, -0.25) is 0 Å². The van der Waals surface area contributed by atoms with Gasteiger partial charge in [0.05, 0.1) is 12.2 Å². The average molecular weight is 299 g/mol. The molecule has 1 rings (SSSR count). The minimum atomic E-state index is -4.37. The molecule has 9 heteroatoms. The van der Waals surface area contributed by atoms with Crippen molar-refractivity contribution in [3.8, 4) is 0 Å². The highest BCUT2D eigenvalue weighted by Gasteiger charge is 2.27. The summed E-state index contributed by atoms with van der Waals surface area (Å²) in [6.07, 6.45) is -4.37. The smallest absolute Gasteiger partial charge is 0.411 e. The first-order valence-corrected chi connectivity index (χ1v) is 5.45. The van der Waals surface area contributed by atoms with Gasteiger partial charge in [-0.05, 0) is 12.1 Å². The summed E-state index contributed by atoms with van der Waals surface area (Å²) in [7, 11) is 0. The van der Waals surface area contributed by atoms with Gasteiger partial charge < -0.3 is 15.2 Å². The van der Waals surface area contributed by atoms with E-state index >= 15 is 0 Å². The molecule has 19 heavy (non-hydrogen) atoms. The minimum Gasteiger partial charge on any atom is -0.478 e. The summed E-state index contributed by atoms with van der Waals surface area (Å²) < 4.78 is 39.6. The number of aromatic carboxylic acids is 1. The van der Waals surface area contributed by atoms with Crippen molar-refractivity contribution in [2.45, 2.75) is 6.18 Å². The van der Waals surface area contributed by atoms with Gasteiger partial charge in [0, 0.05) is 6.54 Å². The maximum Gasteiger partial charge on any atom is 0.411 e. The van der Waals surface area contributed by atoms with Crippen LogP contribution in [0.25, 0.3) is 0 Å². The number of hydrogen-bond donors (Lipinski definition) is 2. The molecule has 0 atom stereocenters. The fraction of sp³-hybridized carbons (Fsp3) is 0.400. The van der Waals surface area contributed by atoms with E-state index in [2.05, 4.69) is 15.0 Å². The highest BCUT2D eigenvalue weighted by atomic mass is 35.5. The summed E-state index contributed by atoms with van der Waals surface area (Å²) >= 11 is 5.60. The van der Waals surface area contributed by atoms with Gasteiger partial charge in [-0.1, -0.05) is 11.6 Å². The molecule has 0 saturated carbocycles. The van der Waals surface area contributed by atoms with Gasteiger partial charge >= 0.3 is 12.1 Å². The number of nitrogens with one attached hydrogen (secondary N) is 1. The number of carbonyl (C=O) groups is 1. The van der Waals surface area contributed by atoms with Crippen molar-refractivity contribution in [3.63, 3.8) is 0 Å². The van der Waals surface area contributed by atoms with Crippen molar-refractivity contribution in [1.29, 1.82) is 0 Å². The van der Waals surface area contributed by atoms with E-state index in [0.717, 1.165) is 6.07 Å². The van der Waals surface area contributed by atoms with Crippen LogP contribution in [0.2, 0.25) is 5.15 Å². The summed E-state index contributed by atoms with van der Waals surface area (Å²) in [5, 5.41) is 11.4. The lowest BCUT2D eigenvalue weighted by Crippen LogP contribution is -2.20. The van der Waals surface area contributed by atoms with Gasteiger partial charge in [0.1, 0.15) is 17.6 Å². The molecule has 1 heterocycles. The van der Waals surface area contributed by atoms with Gasteiger partial charge in [-0.15, -0.1) is 0 Å². The predicted molar refractivity (Wildman–Crippen MR) is 61.6 cm³/mol. The molecule has 1 aromatic rings. The number of anilines is 1. The Morgan fingerprint density at radius 2 is 2.16 bits per heavy atom. The number of ether oxygens (including phenoxy) is 1. The number of pyridine rings is 1. The molecule has 1 aromatic heterocycles. The zero-order valence-corrected chi connectivity index (χ0v) is 10.3. The lowest BCUT2D eigenvalue weighted by molar-refractivity contribution is -0.172. The van der Waals surface area contributed by atoms with E-state index in [0.29, 0.717) is 0 Å². The van der Waals surface area contributed by atoms with Crippen LogP contribution in [0.4, 0.5) is 19.0 Å². The van der Waals surface area contributed by atoms with Crippen LogP contribution in [-0.2, 0) is 4.74 Å². The Morgan fingerprint density at radius 1 is 1.47 bits per heavy atom. The normalized spacial score (nSPS) is 11.4. The summed E-state index contributed by atoms with van der Waals surface area (Å²) in [6, 6.07) is 2.38. The molecule has 2 N–H and O–H groups in total. The van der Waals surface area contributed by atoms with Crippen LogP contribution in [-0.4, -0.2) is 42.0 Å². The fourth-order valence-electron chi connectivity index (χ4n) is 1.15. The van der Waals surface area contributed by atoms with E-state index in [4.69, 9.17) is 16.7 Å². The Labute approximate surface area is 111 Å². The van der Waals surface area contributed by atoms with E-state index in [-0.39, 0.29) is 29.7 Å². The van der Waals surface area contributed by atoms with Crippen LogP contribution in [0.3, 0.4) is 0 Å². The summed E-state index contributed by atoms with van der Waals surface area (Å²) in [5.74, 6) is -1.03. The predicted octanol–water partition coefficient (Wildman–Crippen LogP) is 2.42. The number of carboxylic acid groups (broad SMARTS) is 1. The fourth-order valence-corrected chi connectivity index (χ4v) is 1.36. The standard InChI is InChI=1S/C10H10ClF3N2O3/c11-7-3-6(9(17)18)4-8(16-7)15-1-2-19-5-10(12,13)14/h3-4H,1-2,5H2,(H,15,16)(H,17,18). The van der Waals surface area contributed by atoms with E-state index in [1.54, 1.807) is 0 Å². The van der Waals surface area contributed by atoms with E-state index in [1.165, 1.54) is 6.07 Å². The maximum atomic E-state index is 11.8. The number of halogens is 4. The Bertz CT molecular complexity index is 454. The highest BCUT2D eigenvalue weighted by Crippen LogP contribution is 2.15. The molecule has 106 valence electrons. The quantitative estimate of drug-likeness (QED) is 0.623. The van der Waals surface area contributed by atoms with Gasteiger partial charge in [-0.25, -0.2) is 9.78 Å². The Morgan fingerprint density at radius 3 is 2.74 bits per heavy atom. The number of nitrogens with zero attached hydrogens (tertiary/aromatic N) is 1. The SMILES string of the molecule is O=C(O)c1cc(Cl)nc(NCCOCC(F)(F)F)c1. The molecule has 0 fully saturated rings. The molecule has 0 bridgehead atoms. The molecule has 0 unspecified atom stereocenters. The van der Waals surface area contributed by atoms with Crippen LogP contribution in [0, 0.1) is 0 Å². The molecule has 0 aliphatic carbocycles. The minimum absolute atomic E-state index is 0.0291. The lowest BCUT2D eigenvalue weighted by Gasteiger charge is -2.09. The number of alkyl halides is 3. The third-order valence-corrected chi connectivity index (χ3v) is 2.05. The van der Waals surface area contributed by atoms with E-state index in [9.17, 15) is 18.0 Å². The second-order valence-corrected chi connectivity index (χ2v) is 3.85. The first-order valence-electron chi connectivity index (χ1n) is 5.07. The van der Waals surface area contributed by atoms with Crippen molar-refractivity contribution in [2.24, 2.45) is 0 Å². The van der Waals surface area contributed by atoms with Crippen molar-refractivity contribution in [3.05, 3.63) is 22.8 Å². The summed E-state index contributed by atoms with van der Waals surface area (Å²) in [4.78, 5) is 14.5. The summed E-state index contributed by atoms with van der Waals surface area (Å²) in [6.45, 7) is -1.49. The van der Waals surface area contributed by atoms with Crippen molar-refractivity contribution in [2.75, 3.05) is 25.1 Å². The van der Waals surface area contributed by atoms with Crippen molar-refractivity contribution >= 4 is 23.4 Å². The molecule has 0 aliphatic rings. The van der Waals surface area contributed by atoms with Gasteiger partial charge in [-0.2, -0.15) is 13.2 Å². The molecular formula is C10H10ClF3N2O3. The average Bonchev–Trinajstić information content (AvgIpc) is 2.26. The second kappa shape index (κ2) is 6.58. The van der Waals surface area contributed by atoms with Crippen LogP contribution in [0.15, 0.2) is 12.1 Å². The molecule has 0 amide bonds. The monoisotopic (exact) mass is 298 g/mol. The van der Waals surface area contributed by atoms with Crippen molar-refractivity contribution < 1.29 is 27.8 Å². The Kier molecular flexibility index (Phi) is 5.37. The Balaban J connectivity index is 2.43. The number of carboxylic acids is 1. The topological polar surface area (TPSA) is 71.5 Å². The zero-order valence-electron chi connectivity index (χ0n) is 9.50. The molecule has 0 saturated heterocycles. The third-order valence-electron chi connectivity index (χ3n) is 1.86. The highest BCUT2D eigenvalue weighted by molar-refractivity contribution is 6.29. The summed E-state index contributed by atoms with van der Waals surface area (Å²) in [5.41, 5.74) is -0.0706. The maximum absolute atomic E-state index is 11.8. The van der Waals surface area contributed by atoms with Gasteiger partial charge in [0.2, 0.25) is 0 Å². The van der Waals surface area contributed by atoms with Crippen LogP contribution >= 0.6 is 11.6 Å². The molecule has 5 nitrogen and oxygen atoms in total. The molecule has 0 aromatic carbocycles. The largest absolute Gasteiger partial charge is 0.478 e. The molecular weight excluding hydrogens is 289 g/mol. The zero-order chi connectivity index (χ0) is 14.5. The number of rotatable bonds is 6. The van der Waals surface area contributed by atoms with Crippen LogP contribution in [0.5, 0.6) is 0 Å².